The van der Waals surface area contributed by atoms with Crippen molar-refractivity contribution >= 4 is 21.5 Å². The highest BCUT2D eigenvalue weighted by Crippen LogP contribution is 2.22. The molecule has 1 nitrogen and oxygen atoms in total. The third-order valence-electron chi connectivity index (χ3n) is 2.60. The van der Waals surface area contributed by atoms with Crippen LogP contribution in [0.4, 0.5) is 4.39 Å². The summed E-state index contributed by atoms with van der Waals surface area (Å²) in [5, 5.41) is 3.41. The monoisotopic (exact) mass is 313 g/mol. The number of hydrogen-bond donors (Lipinski definition) is 1. The second-order valence-corrected chi connectivity index (χ2v) is 6.39. The van der Waals surface area contributed by atoms with Crippen LogP contribution in [0.5, 0.6) is 0 Å². The van der Waals surface area contributed by atoms with Crippen molar-refractivity contribution in [2.24, 2.45) is 0 Å². The molecule has 0 radical (unpaired) electrons. The number of benzene rings is 1. The Morgan fingerprint density at radius 2 is 2.06 bits per heavy atom. The van der Waals surface area contributed by atoms with Gasteiger partial charge in [0, 0.05) is 15.6 Å². The normalized spacial score (nSPS) is 12.9. The maximum absolute atomic E-state index is 13.6. The molecule has 1 aromatic rings. The smallest absolute Gasteiger partial charge is 0.130 e. The molecule has 0 fully saturated rings. The van der Waals surface area contributed by atoms with Crippen molar-refractivity contribution in [2.75, 3.05) is 6.54 Å². The first-order valence-corrected chi connectivity index (χ1v) is 6.96. The maximum Gasteiger partial charge on any atom is 0.130 e. The fourth-order valence-electron chi connectivity index (χ4n) is 1.65. The predicted octanol–water partition coefficient (Wildman–Crippen LogP) is 4.77. The number of nitrogens with one attached hydrogen (secondary N) is 1. The highest BCUT2D eigenvalue weighted by atomic mass is 79.9. The molecular weight excluding hydrogens is 293 g/mol. The predicted molar refractivity (Wildman–Crippen MR) is 80.1 cm³/mol. The molecule has 0 bridgehead atoms. The molecule has 0 spiro atoms. The number of hydrogen-bond acceptors (Lipinski definition) is 1. The minimum atomic E-state index is -0.171. The Morgan fingerprint density at radius 3 is 2.67 bits per heavy atom. The average molecular weight is 314 g/mol. The highest BCUT2D eigenvalue weighted by Gasteiger charge is 2.07. The summed E-state index contributed by atoms with van der Waals surface area (Å²) in [6.07, 6.45) is 2.97. The Labute approximate surface area is 118 Å². The maximum atomic E-state index is 13.6. The van der Waals surface area contributed by atoms with Crippen LogP contribution in [0.15, 0.2) is 28.7 Å². The van der Waals surface area contributed by atoms with E-state index in [2.05, 4.69) is 48.1 Å². The Kier molecular flexibility index (Phi) is 5.54. The third kappa shape index (κ3) is 5.32. The zero-order chi connectivity index (χ0) is 13.8. The van der Waals surface area contributed by atoms with E-state index in [1.165, 1.54) is 6.07 Å². The summed E-state index contributed by atoms with van der Waals surface area (Å²) < 4.78 is 14.5. The van der Waals surface area contributed by atoms with Gasteiger partial charge in [-0.1, -0.05) is 22.0 Å². The molecule has 1 N–H and O–H groups in total. The van der Waals surface area contributed by atoms with Crippen molar-refractivity contribution < 1.29 is 4.39 Å². The first-order valence-electron chi connectivity index (χ1n) is 6.17. The first kappa shape index (κ1) is 15.4. The summed E-state index contributed by atoms with van der Waals surface area (Å²) in [5.74, 6) is -0.171. The van der Waals surface area contributed by atoms with Gasteiger partial charge >= 0.3 is 0 Å². The van der Waals surface area contributed by atoms with E-state index in [-0.39, 0.29) is 11.4 Å². The van der Waals surface area contributed by atoms with Crippen LogP contribution in [0.25, 0.3) is 5.57 Å². The van der Waals surface area contributed by atoms with Crippen LogP contribution in [0, 0.1) is 5.82 Å². The molecule has 0 amide bonds. The zero-order valence-corrected chi connectivity index (χ0v) is 13.1. The summed E-state index contributed by atoms with van der Waals surface area (Å²) in [4.78, 5) is 0. The lowest BCUT2D eigenvalue weighted by atomic mass is 10.1. The van der Waals surface area contributed by atoms with Crippen LogP contribution < -0.4 is 5.32 Å². The van der Waals surface area contributed by atoms with Gasteiger partial charge in [0.15, 0.2) is 0 Å². The molecule has 0 aliphatic carbocycles. The molecular formula is C15H21BrFN. The van der Waals surface area contributed by atoms with Crippen LogP contribution in [0.1, 0.15) is 39.7 Å². The first-order chi connectivity index (χ1) is 8.29. The Hall–Kier alpha value is -0.670. The van der Waals surface area contributed by atoms with Crippen molar-refractivity contribution in [3.8, 4) is 0 Å². The van der Waals surface area contributed by atoms with Gasteiger partial charge in [-0.3, -0.25) is 0 Å². The molecule has 0 aromatic heterocycles. The van der Waals surface area contributed by atoms with Gasteiger partial charge in [-0.05, 0) is 64.4 Å². The van der Waals surface area contributed by atoms with Crippen LogP contribution in [0.2, 0.25) is 0 Å². The van der Waals surface area contributed by atoms with Crippen molar-refractivity contribution in [1.82, 2.24) is 5.32 Å². The van der Waals surface area contributed by atoms with Crippen molar-refractivity contribution in [1.29, 1.82) is 0 Å². The SMILES string of the molecule is CC(=CCCNC(C)(C)C)c1cc(Br)ccc1F. The topological polar surface area (TPSA) is 12.0 Å². The minimum absolute atomic E-state index is 0.128. The standard InChI is InChI=1S/C15H21BrFN/c1-11(6-5-9-18-15(2,3)4)13-10-12(16)7-8-14(13)17/h6-8,10,18H,5,9H2,1-4H3. The van der Waals surface area contributed by atoms with E-state index in [4.69, 9.17) is 0 Å². The molecule has 1 rings (SSSR count). The van der Waals surface area contributed by atoms with Gasteiger partial charge in [-0.15, -0.1) is 0 Å². The largest absolute Gasteiger partial charge is 0.312 e. The van der Waals surface area contributed by atoms with Crippen LogP contribution in [0.3, 0.4) is 0 Å². The molecule has 3 heteroatoms. The van der Waals surface area contributed by atoms with E-state index in [0.29, 0.717) is 5.56 Å². The molecule has 100 valence electrons. The molecule has 0 aliphatic rings. The van der Waals surface area contributed by atoms with Crippen LogP contribution in [-0.2, 0) is 0 Å². The van der Waals surface area contributed by atoms with Gasteiger partial charge < -0.3 is 5.32 Å². The molecule has 1 aromatic carbocycles. The van der Waals surface area contributed by atoms with Gasteiger partial charge in [-0.25, -0.2) is 4.39 Å². The Morgan fingerprint density at radius 1 is 1.39 bits per heavy atom. The van der Waals surface area contributed by atoms with E-state index >= 15 is 0 Å². The summed E-state index contributed by atoms with van der Waals surface area (Å²) in [5.41, 5.74) is 1.77. The number of rotatable bonds is 4. The molecule has 0 unspecified atom stereocenters. The second kappa shape index (κ2) is 6.48. The van der Waals surface area contributed by atoms with Crippen molar-refractivity contribution in [3.05, 3.63) is 40.1 Å². The van der Waals surface area contributed by atoms with Gasteiger partial charge in [0.05, 0.1) is 0 Å². The Bertz CT molecular complexity index is 433. The molecule has 0 heterocycles. The second-order valence-electron chi connectivity index (χ2n) is 5.48. The van der Waals surface area contributed by atoms with Crippen molar-refractivity contribution in [2.45, 2.75) is 39.7 Å². The molecule has 0 aliphatic heterocycles. The molecule has 18 heavy (non-hydrogen) atoms. The quantitative estimate of drug-likeness (QED) is 0.789. The van der Waals surface area contributed by atoms with Gasteiger partial charge in [0.25, 0.3) is 0 Å². The summed E-state index contributed by atoms with van der Waals surface area (Å²) in [7, 11) is 0. The molecule has 0 atom stereocenters. The summed E-state index contributed by atoms with van der Waals surface area (Å²) in [6.45, 7) is 9.26. The highest BCUT2D eigenvalue weighted by molar-refractivity contribution is 9.10. The lowest BCUT2D eigenvalue weighted by Crippen LogP contribution is -2.36. The number of allylic oxidation sites excluding steroid dienone is 1. The summed E-state index contributed by atoms with van der Waals surface area (Å²) >= 11 is 3.37. The van der Waals surface area contributed by atoms with Gasteiger partial charge in [0.1, 0.15) is 5.82 Å². The van der Waals surface area contributed by atoms with Crippen LogP contribution >= 0.6 is 15.9 Å². The van der Waals surface area contributed by atoms with E-state index in [9.17, 15) is 4.39 Å². The lowest BCUT2D eigenvalue weighted by Gasteiger charge is -2.19. The van der Waals surface area contributed by atoms with E-state index in [1.54, 1.807) is 6.07 Å². The van der Waals surface area contributed by atoms with E-state index < -0.39 is 0 Å². The van der Waals surface area contributed by atoms with Crippen LogP contribution in [-0.4, -0.2) is 12.1 Å². The van der Waals surface area contributed by atoms with Crippen molar-refractivity contribution in [3.63, 3.8) is 0 Å². The van der Waals surface area contributed by atoms with E-state index in [1.807, 2.05) is 13.0 Å². The fourth-order valence-corrected chi connectivity index (χ4v) is 2.01. The average Bonchev–Trinajstić information content (AvgIpc) is 2.26. The Balaban J connectivity index is 2.63. The fraction of sp³-hybridized carbons (Fsp3) is 0.467. The van der Waals surface area contributed by atoms with Gasteiger partial charge in [0.2, 0.25) is 0 Å². The lowest BCUT2D eigenvalue weighted by molar-refractivity contribution is 0.431. The summed E-state index contributed by atoms with van der Waals surface area (Å²) in [6, 6.07) is 5.02. The number of halogens is 2. The molecule has 0 saturated heterocycles. The van der Waals surface area contributed by atoms with Gasteiger partial charge in [-0.2, -0.15) is 0 Å². The zero-order valence-electron chi connectivity index (χ0n) is 11.5. The molecule has 0 saturated carbocycles. The van der Waals surface area contributed by atoms with E-state index in [0.717, 1.165) is 23.0 Å². The minimum Gasteiger partial charge on any atom is -0.312 e. The third-order valence-corrected chi connectivity index (χ3v) is 3.10.